The van der Waals surface area contributed by atoms with E-state index in [9.17, 15) is 0 Å². The van der Waals surface area contributed by atoms with Gasteiger partial charge in [-0.1, -0.05) is 146 Å². The fraction of sp³-hybridized carbons (Fsp3) is 0. The van der Waals surface area contributed by atoms with Gasteiger partial charge in [0.15, 0.2) is 0 Å². The molecule has 10 aromatic rings. The van der Waals surface area contributed by atoms with Crippen molar-refractivity contribution in [2.45, 2.75) is 0 Å². The van der Waals surface area contributed by atoms with Crippen molar-refractivity contribution in [1.29, 1.82) is 0 Å². The van der Waals surface area contributed by atoms with Gasteiger partial charge in [-0.3, -0.25) is 0 Å². The lowest BCUT2D eigenvalue weighted by atomic mass is 9.94. The Balaban J connectivity index is 1.16. The van der Waals surface area contributed by atoms with E-state index in [1.807, 2.05) is 6.07 Å². The molecule has 2 nitrogen and oxygen atoms in total. The van der Waals surface area contributed by atoms with E-state index >= 15 is 0 Å². The molecule has 50 heavy (non-hydrogen) atoms. The monoisotopic (exact) mass is 637 g/mol. The van der Waals surface area contributed by atoms with Gasteiger partial charge in [-0.25, -0.2) is 0 Å². The number of furan rings is 1. The molecule has 9 aromatic carbocycles. The molecular weight excluding hydrogens is 607 g/mol. The summed E-state index contributed by atoms with van der Waals surface area (Å²) in [5.74, 6) is 0. The summed E-state index contributed by atoms with van der Waals surface area (Å²) >= 11 is 0. The maximum Gasteiger partial charge on any atom is 0.143 e. The second kappa shape index (κ2) is 11.5. The van der Waals surface area contributed by atoms with E-state index in [1.54, 1.807) is 0 Å². The van der Waals surface area contributed by atoms with Crippen LogP contribution in [0.25, 0.3) is 76.5 Å². The molecule has 0 N–H and O–H groups in total. The highest BCUT2D eigenvalue weighted by Crippen LogP contribution is 2.44. The van der Waals surface area contributed by atoms with Crippen molar-refractivity contribution in [1.82, 2.24) is 0 Å². The van der Waals surface area contributed by atoms with Crippen LogP contribution in [0.3, 0.4) is 0 Å². The van der Waals surface area contributed by atoms with E-state index in [1.165, 1.54) is 32.3 Å². The van der Waals surface area contributed by atoms with Gasteiger partial charge in [0.05, 0.1) is 5.69 Å². The predicted molar refractivity (Wildman–Crippen MR) is 212 cm³/mol. The van der Waals surface area contributed by atoms with Crippen LogP contribution in [0.1, 0.15) is 0 Å². The van der Waals surface area contributed by atoms with Crippen LogP contribution < -0.4 is 4.90 Å². The number of rotatable bonds is 5. The molecule has 0 aliphatic heterocycles. The number of anilines is 3. The zero-order valence-electron chi connectivity index (χ0n) is 27.3. The van der Waals surface area contributed by atoms with Crippen molar-refractivity contribution in [3.8, 4) is 22.3 Å². The molecule has 1 aromatic heterocycles. The van der Waals surface area contributed by atoms with E-state index in [2.05, 4.69) is 187 Å². The number of fused-ring (bicyclic) bond motifs is 7. The predicted octanol–water partition coefficient (Wildman–Crippen LogP) is 13.8. The molecule has 0 aliphatic rings. The molecule has 0 spiro atoms. The third-order valence-corrected chi connectivity index (χ3v) is 10.0. The number of hydrogen-bond donors (Lipinski definition) is 0. The smallest absolute Gasteiger partial charge is 0.143 e. The third-order valence-electron chi connectivity index (χ3n) is 10.0. The lowest BCUT2D eigenvalue weighted by Crippen LogP contribution is -2.10. The number of para-hydroxylation sites is 1. The van der Waals surface area contributed by atoms with Gasteiger partial charge in [-0.05, 0) is 86.1 Å². The van der Waals surface area contributed by atoms with Gasteiger partial charge in [0.25, 0.3) is 0 Å². The highest BCUT2D eigenvalue weighted by Gasteiger charge is 2.19. The first-order valence-corrected chi connectivity index (χ1v) is 17.1. The standard InChI is InChI=1S/C48H31NO/c1-2-12-33(13-3-1)41-30-29-40(47-44-17-8-9-20-46(44)50-48(41)47)35-22-25-37(26-23-35)49(38-27-21-32-11-4-5-15-36(32)31-38)45-19-10-18-42-39-16-7-6-14-34(39)24-28-43(42)45/h1-31H. The first kappa shape index (κ1) is 28.4. The highest BCUT2D eigenvalue weighted by atomic mass is 16.3. The number of hydrogen-bond acceptors (Lipinski definition) is 2. The van der Waals surface area contributed by atoms with Crippen LogP contribution in [0, 0.1) is 0 Å². The Labute approximate surface area is 290 Å². The molecule has 0 saturated carbocycles. The minimum absolute atomic E-state index is 0.898. The molecule has 2 heteroatoms. The largest absolute Gasteiger partial charge is 0.455 e. The lowest BCUT2D eigenvalue weighted by Gasteiger charge is -2.27. The molecule has 0 amide bonds. The maximum atomic E-state index is 6.58. The summed E-state index contributed by atoms with van der Waals surface area (Å²) in [5.41, 5.74) is 9.72. The Hall–Kier alpha value is -6.64. The molecule has 0 saturated heterocycles. The van der Waals surface area contributed by atoms with Crippen molar-refractivity contribution in [3.63, 3.8) is 0 Å². The second-order valence-corrected chi connectivity index (χ2v) is 12.9. The summed E-state index contributed by atoms with van der Waals surface area (Å²) in [5, 5.41) is 9.67. The zero-order chi connectivity index (χ0) is 33.0. The summed E-state index contributed by atoms with van der Waals surface area (Å²) in [6, 6.07) is 67.5. The first-order chi connectivity index (χ1) is 24.8. The van der Waals surface area contributed by atoms with Crippen LogP contribution in [0.4, 0.5) is 17.1 Å². The van der Waals surface area contributed by atoms with E-state index in [0.29, 0.717) is 0 Å². The van der Waals surface area contributed by atoms with Gasteiger partial charge >= 0.3 is 0 Å². The normalized spacial score (nSPS) is 11.6. The Kier molecular flexibility index (Phi) is 6.53. The van der Waals surface area contributed by atoms with Gasteiger partial charge in [0.1, 0.15) is 11.2 Å². The van der Waals surface area contributed by atoms with E-state index in [-0.39, 0.29) is 0 Å². The zero-order valence-corrected chi connectivity index (χ0v) is 27.3. The Morgan fingerprint density at radius 3 is 1.86 bits per heavy atom. The summed E-state index contributed by atoms with van der Waals surface area (Å²) in [7, 11) is 0. The van der Waals surface area contributed by atoms with Crippen molar-refractivity contribution in [2.24, 2.45) is 0 Å². The van der Waals surface area contributed by atoms with Gasteiger partial charge in [-0.2, -0.15) is 0 Å². The van der Waals surface area contributed by atoms with E-state index < -0.39 is 0 Å². The molecule has 0 radical (unpaired) electrons. The van der Waals surface area contributed by atoms with E-state index in [0.717, 1.165) is 61.3 Å². The molecule has 0 fully saturated rings. The van der Waals surface area contributed by atoms with Gasteiger partial charge in [-0.15, -0.1) is 0 Å². The fourth-order valence-electron chi connectivity index (χ4n) is 7.67. The SMILES string of the molecule is c1ccc(-c2ccc(-c3ccc(N(c4ccc5ccccc5c4)c4cccc5c4ccc4ccccc45)cc3)c3c2oc2ccccc23)cc1. The molecule has 0 unspecified atom stereocenters. The van der Waals surface area contributed by atoms with Crippen LogP contribution in [0.2, 0.25) is 0 Å². The van der Waals surface area contributed by atoms with Gasteiger partial charge in [0.2, 0.25) is 0 Å². The Morgan fingerprint density at radius 1 is 0.360 bits per heavy atom. The summed E-state index contributed by atoms with van der Waals surface area (Å²) in [4.78, 5) is 2.40. The minimum Gasteiger partial charge on any atom is -0.455 e. The molecule has 0 atom stereocenters. The molecule has 0 aliphatic carbocycles. The summed E-state index contributed by atoms with van der Waals surface area (Å²) < 4.78 is 6.58. The van der Waals surface area contributed by atoms with Crippen LogP contribution in [0.5, 0.6) is 0 Å². The average molecular weight is 638 g/mol. The number of nitrogens with zero attached hydrogens (tertiary/aromatic N) is 1. The second-order valence-electron chi connectivity index (χ2n) is 12.9. The topological polar surface area (TPSA) is 16.4 Å². The van der Waals surface area contributed by atoms with Crippen molar-refractivity contribution >= 4 is 71.3 Å². The molecular formula is C48H31NO. The molecule has 10 rings (SSSR count). The minimum atomic E-state index is 0.898. The van der Waals surface area contributed by atoms with Crippen LogP contribution in [-0.4, -0.2) is 0 Å². The average Bonchev–Trinajstić information content (AvgIpc) is 3.58. The quantitative estimate of drug-likeness (QED) is 0.175. The Bertz CT molecular complexity index is 2870. The van der Waals surface area contributed by atoms with Crippen LogP contribution in [0.15, 0.2) is 192 Å². The van der Waals surface area contributed by atoms with Crippen molar-refractivity contribution < 1.29 is 4.42 Å². The van der Waals surface area contributed by atoms with Crippen LogP contribution in [-0.2, 0) is 0 Å². The lowest BCUT2D eigenvalue weighted by molar-refractivity contribution is 0.670. The molecule has 234 valence electrons. The van der Waals surface area contributed by atoms with Crippen molar-refractivity contribution in [3.05, 3.63) is 188 Å². The highest BCUT2D eigenvalue weighted by molar-refractivity contribution is 6.16. The molecule has 0 bridgehead atoms. The first-order valence-electron chi connectivity index (χ1n) is 17.1. The third kappa shape index (κ3) is 4.57. The van der Waals surface area contributed by atoms with E-state index in [4.69, 9.17) is 4.42 Å². The molecule has 1 heterocycles. The van der Waals surface area contributed by atoms with Gasteiger partial charge in [0, 0.05) is 33.1 Å². The fourth-order valence-corrected chi connectivity index (χ4v) is 7.67. The van der Waals surface area contributed by atoms with Crippen molar-refractivity contribution in [2.75, 3.05) is 4.90 Å². The summed E-state index contributed by atoms with van der Waals surface area (Å²) in [6.07, 6.45) is 0. The van der Waals surface area contributed by atoms with Crippen LogP contribution >= 0.6 is 0 Å². The number of benzene rings is 9. The van der Waals surface area contributed by atoms with Gasteiger partial charge < -0.3 is 9.32 Å². The maximum absolute atomic E-state index is 6.58. The Morgan fingerprint density at radius 2 is 1.00 bits per heavy atom. The summed E-state index contributed by atoms with van der Waals surface area (Å²) in [6.45, 7) is 0.